The quantitative estimate of drug-likeness (QED) is 0.942. The second-order valence-corrected chi connectivity index (χ2v) is 7.12. The number of aryl methyl sites for hydroxylation is 2. The van der Waals surface area contributed by atoms with Crippen molar-refractivity contribution in [3.8, 4) is 0 Å². The van der Waals surface area contributed by atoms with E-state index >= 15 is 0 Å². The van der Waals surface area contributed by atoms with Crippen LogP contribution in [-0.4, -0.2) is 38.4 Å². The van der Waals surface area contributed by atoms with Gasteiger partial charge in [0.05, 0.1) is 6.54 Å². The highest BCUT2D eigenvalue weighted by Crippen LogP contribution is 2.30. The fourth-order valence-corrected chi connectivity index (χ4v) is 3.78. The third-order valence-corrected chi connectivity index (χ3v) is 5.22. The van der Waals surface area contributed by atoms with Crippen LogP contribution < -0.4 is 0 Å². The molecule has 3 rings (SSSR count). The smallest absolute Gasteiger partial charge is 0.164 e. The van der Waals surface area contributed by atoms with Gasteiger partial charge in [-0.3, -0.25) is 10.00 Å². The van der Waals surface area contributed by atoms with Crippen molar-refractivity contribution in [1.29, 1.82) is 0 Å². The Balaban J connectivity index is 1.47. The lowest BCUT2D eigenvalue weighted by atomic mass is 10.1. The molecule has 1 fully saturated rings. The summed E-state index contributed by atoms with van der Waals surface area (Å²) < 4.78 is 0. The van der Waals surface area contributed by atoms with Gasteiger partial charge in [-0.15, -0.1) is 11.8 Å². The summed E-state index contributed by atoms with van der Waals surface area (Å²) in [5, 5.41) is 7.87. The van der Waals surface area contributed by atoms with Gasteiger partial charge in [-0.25, -0.2) is 4.98 Å². The molecular formula is C16H22N4S. The topological polar surface area (TPSA) is 44.8 Å². The maximum atomic E-state index is 4.39. The molecular weight excluding hydrogens is 280 g/mol. The van der Waals surface area contributed by atoms with Gasteiger partial charge in [-0.1, -0.05) is 17.7 Å². The van der Waals surface area contributed by atoms with Crippen LogP contribution in [0.15, 0.2) is 29.2 Å². The van der Waals surface area contributed by atoms with Crippen molar-refractivity contribution in [3.05, 3.63) is 41.5 Å². The van der Waals surface area contributed by atoms with Crippen molar-refractivity contribution in [2.45, 2.75) is 43.4 Å². The molecule has 1 aliphatic heterocycles. The Kier molecular flexibility index (Phi) is 4.60. The summed E-state index contributed by atoms with van der Waals surface area (Å²) in [7, 11) is 0. The van der Waals surface area contributed by atoms with Crippen LogP contribution in [0.1, 0.15) is 30.1 Å². The highest BCUT2D eigenvalue weighted by molar-refractivity contribution is 8.00. The van der Waals surface area contributed by atoms with Crippen molar-refractivity contribution in [2.24, 2.45) is 0 Å². The molecule has 112 valence electrons. The molecule has 0 aliphatic carbocycles. The van der Waals surface area contributed by atoms with E-state index in [1.165, 1.54) is 23.3 Å². The minimum atomic E-state index is 0.734. The zero-order chi connectivity index (χ0) is 14.7. The van der Waals surface area contributed by atoms with Gasteiger partial charge in [0, 0.05) is 10.1 Å². The summed E-state index contributed by atoms with van der Waals surface area (Å²) in [6.45, 7) is 7.22. The van der Waals surface area contributed by atoms with Gasteiger partial charge in [0.15, 0.2) is 5.82 Å². The number of nitrogens with zero attached hydrogens (tertiary/aromatic N) is 3. The Morgan fingerprint density at radius 2 is 1.90 bits per heavy atom. The second kappa shape index (κ2) is 6.62. The van der Waals surface area contributed by atoms with Gasteiger partial charge in [-0.2, -0.15) is 5.10 Å². The van der Waals surface area contributed by atoms with E-state index in [0.29, 0.717) is 0 Å². The average molecular weight is 302 g/mol. The molecule has 0 amide bonds. The number of aromatic amines is 1. The van der Waals surface area contributed by atoms with Gasteiger partial charge in [-0.05, 0) is 51.9 Å². The predicted octanol–water partition coefficient (Wildman–Crippen LogP) is 3.18. The van der Waals surface area contributed by atoms with Gasteiger partial charge in [0.25, 0.3) is 0 Å². The Bertz CT molecular complexity index is 570. The molecule has 0 unspecified atom stereocenters. The number of likely N-dealkylation sites (tertiary alicyclic amines) is 1. The van der Waals surface area contributed by atoms with E-state index in [-0.39, 0.29) is 0 Å². The SMILES string of the molecule is Cc1ccc(SC2CCN(Cc3n[nH]c(C)n3)CC2)cc1. The van der Waals surface area contributed by atoms with E-state index in [4.69, 9.17) is 0 Å². The summed E-state index contributed by atoms with van der Waals surface area (Å²) >= 11 is 2.02. The monoisotopic (exact) mass is 302 g/mol. The van der Waals surface area contributed by atoms with Crippen LogP contribution in [0.5, 0.6) is 0 Å². The second-order valence-electron chi connectivity index (χ2n) is 5.74. The molecule has 1 N–H and O–H groups in total. The molecule has 0 radical (unpaired) electrons. The maximum Gasteiger partial charge on any atom is 0.164 e. The zero-order valence-corrected chi connectivity index (χ0v) is 13.5. The van der Waals surface area contributed by atoms with Crippen molar-refractivity contribution in [1.82, 2.24) is 20.1 Å². The molecule has 0 atom stereocenters. The number of nitrogens with one attached hydrogen (secondary N) is 1. The first-order valence-electron chi connectivity index (χ1n) is 7.52. The normalized spacial score (nSPS) is 17.2. The summed E-state index contributed by atoms with van der Waals surface area (Å²) in [4.78, 5) is 8.23. The molecule has 4 nitrogen and oxygen atoms in total. The third-order valence-electron chi connectivity index (χ3n) is 3.87. The van der Waals surface area contributed by atoms with E-state index in [1.807, 2.05) is 18.7 Å². The molecule has 0 saturated carbocycles. The van der Waals surface area contributed by atoms with Crippen molar-refractivity contribution in [2.75, 3.05) is 13.1 Å². The number of hydrogen-bond acceptors (Lipinski definition) is 4. The molecule has 0 bridgehead atoms. The molecule has 1 saturated heterocycles. The minimum absolute atomic E-state index is 0.734. The van der Waals surface area contributed by atoms with Crippen LogP contribution in [0.2, 0.25) is 0 Å². The number of aromatic nitrogens is 3. The summed E-state index contributed by atoms with van der Waals surface area (Å²) in [5.74, 6) is 1.81. The van der Waals surface area contributed by atoms with Gasteiger partial charge >= 0.3 is 0 Å². The van der Waals surface area contributed by atoms with Gasteiger partial charge < -0.3 is 0 Å². The largest absolute Gasteiger partial charge is 0.296 e. The first kappa shape index (κ1) is 14.6. The fourth-order valence-electron chi connectivity index (χ4n) is 2.65. The number of rotatable bonds is 4. The Morgan fingerprint density at radius 1 is 1.19 bits per heavy atom. The van der Waals surface area contributed by atoms with Crippen LogP contribution in [0, 0.1) is 13.8 Å². The van der Waals surface area contributed by atoms with Crippen molar-refractivity contribution >= 4 is 11.8 Å². The molecule has 1 aliphatic rings. The van der Waals surface area contributed by atoms with E-state index in [2.05, 4.69) is 51.3 Å². The number of piperidine rings is 1. The van der Waals surface area contributed by atoms with Crippen molar-refractivity contribution < 1.29 is 0 Å². The van der Waals surface area contributed by atoms with Gasteiger partial charge in [0.1, 0.15) is 5.82 Å². The first-order chi connectivity index (χ1) is 10.2. The molecule has 2 heterocycles. The van der Waals surface area contributed by atoms with Crippen LogP contribution in [-0.2, 0) is 6.54 Å². The lowest BCUT2D eigenvalue weighted by Crippen LogP contribution is -2.34. The fraction of sp³-hybridized carbons (Fsp3) is 0.500. The maximum absolute atomic E-state index is 4.39. The Morgan fingerprint density at radius 3 is 2.52 bits per heavy atom. The minimum Gasteiger partial charge on any atom is -0.296 e. The van der Waals surface area contributed by atoms with Crippen LogP contribution in [0.4, 0.5) is 0 Å². The molecule has 2 aromatic rings. The van der Waals surface area contributed by atoms with Crippen LogP contribution in [0.3, 0.4) is 0 Å². The van der Waals surface area contributed by atoms with E-state index in [0.717, 1.165) is 36.5 Å². The standard InChI is InChI=1S/C16H22N4S/c1-12-3-5-14(6-4-12)21-15-7-9-20(10-8-15)11-16-17-13(2)18-19-16/h3-6,15H,7-11H2,1-2H3,(H,17,18,19). The zero-order valence-electron chi connectivity index (χ0n) is 12.7. The summed E-state index contributed by atoms with van der Waals surface area (Å²) in [6.07, 6.45) is 2.48. The molecule has 1 aromatic heterocycles. The van der Waals surface area contributed by atoms with Gasteiger partial charge in [0.2, 0.25) is 0 Å². The highest BCUT2D eigenvalue weighted by atomic mass is 32.2. The number of H-pyrrole nitrogens is 1. The average Bonchev–Trinajstić information content (AvgIpc) is 2.89. The molecule has 1 aromatic carbocycles. The Labute approximate surface area is 130 Å². The van der Waals surface area contributed by atoms with E-state index in [9.17, 15) is 0 Å². The molecule has 0 spiro atoms. The van der Waals surface area contributed by atoms with Crippen LogP contribution >= 0.6 is 11.8 Å². The van der Waals surface area contributed by atoms with E-state index < -0.39 is 0 Å². The molecule has 21 heavy (non-hydrogen) atoms. The lowest BCUT2D eigenvalue weighted by Gasteiger charge is -2.30. The summed E-state index contributed by atoms with van der Waals surface area (Å²) in [6, 6.07) is 8.87. The van der Waals surface area contributed by atoms with Crippen LogP contribution in [0.25, 0.3) is 0 Å². The predicted molar refractivity (Wildman–Crippen MR) is 86.5 cm³/mol. The first-order valence-corrected chi connectivity index (χ1v) is 8.40. The number of hydrogen-bond donors (Lipinski definition) is 1. The third kappa shape index (κ3) is 4.08. The highest BCUT2D eigenvalue weighted by Gasteiger charge is 2.21. The number of thioether (sulfide) groups is 1. The van der Waals surface area contributed by atoms with Crippen molar-refractivity contribution in [3.63, 3.8) is 0 Å². The summed E-state index contributed by atoms with van der Waals surface area (Å²) in [5.41, 5.74) is 1.33. The van der Waals surface area contributed by atoms with E-state index in [1.54, 1.807) is 0 Å². The Hall–Kier alpha value is -1.33. The number of benzene rings is 1. The lowest BCUT2D eigenvalue weighted by molar-refractivity contribution is 0.220. The molecule has 5 heteroatoms.